The molecule has 0 saturated heterocycles. The molecular formula is C23H23ClFN3O2. The summed E-state index contributed by atoms with van der Waals surface area (Å²) in [6, 6.07) is 11.7. The van der Waals surface area contributed by atoms with Gasteiger partial charge >= 0.3 is 0 Å². The first-order valence-corrected chi connectivity index (χ1v) is 10.5. The van der Waals surface area contributed by atoms with Crippen LogP contribution in [0.2, 0.25) is 5.02 Å². The second-order valence-corrected chi connectivity index (χ2v) is 8.35. The Morgan fingerprint density at radius 1 is 1.17 bits per heavy atom. The molecule has 1 aliphatic carbocycles. The fourth-order valence-electron chi connectivity index (χ4n) is 4.17. The molecule has 1 N–H and O–H groups in total. The molecule has 0 unspecified atom stereocenters. The van der Waals surface area contributed by atoms with Crippen molar-refractivity contribution >= 4 is 34.8 Å². The first kappa shape index (κ1) is 20.5. The minimum absolute atomic E-state index is 0.0706. The molecule has 5 nitrogen and oxygen atoms in total. The van der Waals surface area contributed by atoms with Gasteiger partial charge in [-0.1, -0.05) is 47.9 Å². The van der Waals surface area contributed by atoms with Gasteiger partial charge < -0.3 is 10.2 Å². The molecular weight excluding hydrogens is 405 g/mol. The molecule has 1 aliphatic heterocycles. The van der Waals surface area contributed by atoms with Crippen LogP contribution in [0.3, 0.4) is 0 Å². The molecule has 0 bridgehead atoms. The summed E-state index contributed by atoms with van der Waals surface area (Å²) >= 11 is 5.80. The molecule has 0 atom stereocenters. The van der Waals surface area contributed by atoms with Crippen LogP contribution in [0.25, 0.3) is 0 Å². The van der Waals surface area contributed by atoms with E-state index in [2.05, 4.69) is 5.32 Å². The van der Waals surface area contributed by atoms with E-state index in [1.807, 2.05) is 31.2 Å². The van der Waals surface area contributed by atoms with Crippen LogP contribution in [-0.2, 0) is 9.59 Å². The van der Waals surface area contributed by atoms with Crippen molar-refractivity contribution in [2.24, 2.45) is 4.99 Å². The van der Waals surface area contributed by atoms with Gasteiger partial charge in [-0.05, 0) is 50.8 Å². The number of carbonyl (C=O) groups excluding carboxylic acids is 2. The summed E-state index contributed by atoms with van der Waals surface area (Å²) in [4.78, 5) is 32.5. The monoisotopic (exact) mass is 427 g/mol. The molecule has 1 fully saturated rings. The number of carbonyl (C=O) groups is 2. The van der Waals surface area contributed by atoms with Gasteiger partial charge in [0.2, 0.25) is 5.91 Å². The highest BCUT2D eigenvalue weighted by Crippen LogP contribution is 2.39. The standard InChI is InChI=1S/C23H23ClFN3O2/c1-15-5-7-16(8-6-15)21-22(30)28(23(27-21)11-3-2-4-12-23)14-20(29)26-17-9-10-19(25)18(24)13-17/h5-10,13H,2-4,11-12,14H2,1H3,(H,26,29). The van der Waals surface area contributed by atoms with Crippen LogP contribution in [0.15, 0.2) is 47.5 Å². The summed E-state index contributed by atoms with van der Waals surface area (Å²) in [5.41, 5.74) is 1.99. The van der Waals surface area contributed by atoms with Gasteiger partial charge in [-0.3, -0.25) is 14.6 Å². The third kappa shape index (κ3) is 3.97. The third-order valence-corrected chi connectivity index (χ3v) is 6.04. The van der Waals surface area contributed by atoms with Crippen molar-refractivity contribution in [3.05, 3.63) is 64.4 Å². The topological polar surface area (TPSA) is 61.8 Å². The number of hydrogen-bond donors (Lipinski definition) is 1. The SMILES string of the molecule is Cc1ccc(C2=NC3(CCCCC3)N(CC(=O)Nc3ccc(F)c(Cl)c3)C2=O)cc1. The van der Waals surface area contributed by atoms with E-state index in [1.165, 1.54) is 18.2 Å². The number of benzene rings is 2. The van der Waals surface area contributed by atoms with Crippen LogP contribution >= 0.6 is 11.6 Å². The quantitative estimate of drug-likeness (QED) is 0.767. The van der Waals surface area contributed by atoms with E-state index >= 15 is 0 Å². The highest BCUT2D eigenvalue weighted by atomic mass is 35.5. The minimum atomic E-state index is -0.673. The normalized spacial score (nSPS) is 17.9. The van der Waals surface area contributed by atoms with E-state index in [4.69, 9.17) is 16.6 Å². The van der Waals surface area contributed by atoms with E-state index in [9.17, 15) is 14.0 Å². The van der Waals surface area contributed by atoms with Crippen LogP contribution in [0.4, 0.5) is 10.1 Å². The summed E-state index contributed by atoms with van der Waals surface area (Å²) in [6.45, 7) is 1.87. The summed E-state index contributed by atoms with van der Waals surface area (Å²) in [7, 11) is 0. The average Bonchev–Trinajstić information content (AvgIpc) is 2.98. The smallest absolute Gasteiger partial charge is 0.275 e. The molecule has 2 aliphatic rings. The van der Waals surface area contributed by atoms with Gasteiger partial charge in [0.05, 0.1) is 5.02 Å². The second-order valence-electron chi connectivity index (χ2n) is 7.94. The van der Waals surface area contributed by atoms with Crippen molar-refractivity contribution in [3.8, 4) is 0 Å². The van der Waals surface area contributed by atoms with Gasteiger partial charge in [0, 0.05) is 11.3 Å². The molecule has 0 aromatic heterocycles. The van der Waals surface area contributed by atoms with Crippen LogP contribution in [-0.4, -0.2) is 34.6 Å². The van der Waals surface area contributed by atoms with E-state index in [0.29, 0.717) is 11.4 Å². The number of aliphatic imine (C=N–C) groups is 1. The van der Waals surface area contributed by atoms with Crippen molar-refractivity contribution in [2.45, 2.75) is 44.7 Å². The zero-order valence-electron chi connectivity index (χ0n) is 16.8. The van der Waals surface area contributed by atoms with Crippen molar-refractivity contribution < 1.29 is 14.0 Å². The van der Waals surface area contributed by atoms with Gasteiger partial charge in [-0.25, -0.2) is 4.39 Å². The fourth-order valence-corrected chi connectivity index (χ4v) is 4.35. The van der Waals surface area contributed by atoms with Gasteiger partial charge in [-0.15, -0.1) is 0 Å². The molecule has 1 saturated carbocycles. The molecule has 156 valence electrons. The van der Waals surface area contributed by atoms with Crippen molar-refractivity contribution in [1.82, 2.24) is 4.90 Å². The predicted octanol–water partition coefficient (Wildman–Crippen LogP) is 4.72. The average molecular weight is 428 g/mol. The lowest BCUT2D eigenvalue weighted by Crippen LogP contribution is -2.51. The van der Waals surface area contributed by atoms with Crippen LogP contribution in [0.5, 0.6) is 0 Å². The van der Waals surface area contributed by atoms with Crippen LogP contribution < -0.4 is 5.32 Å². The predicted molar refractivity (Wildman–Crippen MR) is 115 cm³/mol. The molecule has 2 aromatic carbocycles. The van der Waals surface area contributed by atoms with Crippen LogP contribution in [0, 0.1) is 12.7 Å². The number of rotatable bonds is 4. The fraction of sp³-hybridized carbons (Fsp3) is 0.348. The number of aryl methyl sites for hydroxylation is 1. The van der Waals surface area contributed by atoms with Gasteiger partial charge in [0.1, 0.15) is 23.7 Å². The van der Waals surface area contributed by atoms with Gasteiger partial charge in [0.25, 0.3) is 5.91 Å². The molecule has 1 spiro atoms. The maximum atomic E-state index is 13.4. The molecule has 0 radical (unpaired) electrons. The molecule has 30 heavy (non-hydrogen) atoms. The molecule has 2 aromatic rings. The number of halogens is 2. The zero-order chi connectivity index (χ0) is 21.3. The Hall–Kier alpha value is -2.73. The Morgan fingerprint density at radius 2 is 1.87 bits per heavy atom. The molecule has 2 amide bonds. The molecule has 1 heterocycles. The van der Waals surface area contributed by atoms with E-state index in [0.717, 1.165) is 43.2 Å². The lowest BCUT2D eigenvalue weighted by Gasteiger charge is -2.38. The maximum absolute atomic E-state index is 13.4. The lowest BCUT2D eigenvalue weighted by atomic mass is 9.88. The third-order valence-electron chi connectivity index (χ3n) is 5.75. The zero-order valence-corrected chi connectivity index (χ0v) is 17.5. The van der Waals surface area contributed by atoms with Gasteiger partial charge in [-0.2, -0.15) is 0 Å². The summed E-state index contributed by atoms with van der Waals surface area (Å²) < 4.78 is 13.4. The minimum Gasteiger partial charge on any atom is -0.324 e. The first-order chi connectivity index (χ1) is 14.4. The Balaban J connectivity index is 1.57. The second kappa shape index (κ2) is 8.19. The molecule has 4 rings (SSSR count). The van der Waals surface area contributed by atoms with Crippen LogP contribution in [0.1, 0.15) is 43.2 Å². The van der Waals surface area contributed by atoms with E-state index in [1.54, 1.807) is 4.90 Å². The van der Waals surface area contributed by atoms with Gasteiger partial charge in [0.15, 0.2) is 0 Å². The largest absolute Gasteiger partial charge is 0.324 e. The van der Waals surface area contributed by atoms with E-state index < -0.39 is 11.5 Å². The summed E-state index contributed by atoms with van der Waals surface area (Å²) in [5, 5.41) is 2.64. The summed E-state index contributed by atoms with van der Waals surface area (Å²) in [6.07, 6.45) is 4.50. The first-order valence-electron chi connectivity index (χ1n) is 10.1. The Bertz CT molecular complexity index is 1010. The van der Waals surface area contributed by atoms with Crippen molar-refractivity contribution in [3.63, 3.8) is 0 Å². The Labute approximate surface area is 179 Å². The number of nitrogens with one attached hydrogen (secondary N) is 1. The Kier molecular flexibility index (Phi) is 5.60. The number of amides is 2. The highest BCUT2D eigenvalue weighted by molar-refractivity contribution is 6.47. The number of nitrogens with zero attached hydrogens (tertiary/aromatic N) is 2. The summed E-state index contributed by atoms with van der Waals surface area (Å²) in [5.74, 6) is -1.15. The number of hydrogen-bond acceptors (Lipinski definition) is 3. The lowest BCUT2D eigenvalue weighted by molar-refractivity contribution is -0.134. The maximum Gasteiger partial charge on any atom is 0.275 e. The molecule has 7 heteroatoms. The number of anilines is 1. The van der Waals surface area contributed by atoms with Crippen molar-refractivity contribution in [1.29, 1.82) is 0 Å². The van der Waals surface area contributed by atoms with E-state index in [-0.39, 0.29) is 23.4 Å². The Morgan fingerprint density at radius 3 is 2.53 bits per heavy atom. The highest BCUT2D eigenvalue weighted by Gasteiger charge is 2.48. The van der Waals surface area contributed by atoms with Crippen molar-refractivity contribution in [2.75, 3.05) is 11.9 Å².